The maximum Gasteiger partial charge on any atom is 0.337 e. The van der Waals surface area contributed by atoms with Gasteiger partial charge in [-0.15, -0.1) is 0 Å². The topological polar surface area (TPSA) is 93.0 Å². The van der Waals surface area contributed by atoms with Crippen molar-refractivity contribution in [1.82, 2.24) is 4.90 Å². The van der Waals surface area contributed by atoms with Crippen LogP contribution in [0.3, 0.4) is 0 Å². The number of nitro groups is 1. The average Bonchev–Trinajstić information content (AvgIpc) is 2.55. The lowest BCUT2D eigenvalue weighted by molar-refractivity contribution is -0.384. The molecule has 0 atom stereocenters. The van der Waals surface area contributed by atoms with Gasteiger partial charge in [0, 0.05) is 25.7 Å². The van der Waals surface area contributed by atoms with E-state index in [4.69, 9.17) is 0 Å². The monoisotopic (exact) mass is 335 g/mol. The van der Waals surface area contributed by atoms with Crippen LogP contribution in [0, 0.1) is 16.0 Å². The molecule has 8 nitrogen and oxygen atoms in total. The van der Waals surface area contributed by atoms with E-state index in [-0.39, 0.29) is 29.4 Å². The summed E-state index contributed by atoms with van der Waals surface area (Å²) in [5, 5.41) is 11.3. The third kappa shape index (κ3) is 3.81. The van der Waals surface area contributed by atoms with Gasteiger partial charge in [0.2, 0.25) is 5.91 Å². The normalized spacial score (nSPS) is 14.9. The summed E-state index contributed by atoms with van der Waals surface area (Å²) >= 11 is 0. The Kier molecular flexibility index (Phi) is 5.38. The van der Waals surface area contributed by atoms with Gasteiger partial charge in [-0.1, -0.05) is 13.8 Å². The summed E-state index contributed by atoms with van der Waals surface area (Å²) < 4.78 is 4.66. The lowest BCUT2D eigenvalue weighted by Gasteiger charge is -2.36. The molecule has 0 N–H and O–H groups in total. The zero-order chi connectivity index (χ0) is 17.9. The molecule has 1 aliphatic rings. The lowest BCUT2D eigenvalue weighted by Crippen LogP contribution is -2.51. The maximum absolute atomic E-state index is 12.3. The highest BCUT2D eigenvalue weighted by molar-refractivity contribution is 5.92. The van der Waals surface area contributed by atoms with Gasteiger partial charge < -0.3 is 14.5 Å². The van der Waals surface area contributed by atoms with Gasteiger partial charge in [0.25, 0.3) is 5.69 Å². The van der Waals surface area contributed by atoms with Crippen molar-refractivity contribution in [2.75, 3.05) is 38.2 Å². The number of anilines is 1. The maximum atomic E-state index is 12.3. The van der Waals surface area contributed by atoms with Crippen molar-refractivity contribution in [3.05, 3.63) is 33.9 Å². The third-order valence-corrected chi connectivity index (χ3v) is 3.84. The second-order valence-electron chi connectivity index (χ2n) is 6.11. The minimum atomic E-state index is -0.573. The van der Waals surface area contributed by atoms with Crippen molar-refractivity contribution in [2.45, 2.75) is 13.8 Å². The molecule has 2 rings (SSSR count). The van der Waals surface area contributed by atoms with E-state index in [0.717, 1.165) is 0 Å². The van der Waals surface area contributed by atoms with E-state index in [1.54, 1.807) is 9.80 Å². The Bertz CT molecular complexity index is 659. The number of carbonyl (C=O) groups is 2. The molecular weight excluding hydrogens is 314 g/mol. The Hall–Kier alpha value is -2.64. The first-order valence-electron chi connectivity index (χ1n) is 7.73. The molecule has 0 aliphatic carbocycles. The summed E-state index contributed by atoms with van der Waals surface area (Å²) in [7, 11) is 1.25. The highest BCUT2D eigenvalue weighted by Crippen LogP contribution is 2.30. The molecule has 1 aromatic carbocycles. The number of amides is 1. The largest absolute Gasteiger partial charge is 0.465 e. The third-order valence-electron chi connectivity index (χ3n) is 3.84. The number of carbonyl (C=O) groups excluding carboxylic acids is 2. The summed E-state index contributed by atoms with van der Waals surface area (Å²) in [5.41, 5.74) is 0.350. The Labute approximate surface area is 140 Å². The van der Waals surface area contributed by atoms with Crippen molar-refractivity contribution in [3.8, 4) is 0 Å². The molecule has 1 aromatic rings. The molecule has 0 spiro atoms. The molecule has 1 saturated heterocycles. The molecular formula is C16H21N3O5. The summed E-state index contributed by atoms with van der Waals surface area (Å²) in [5.74, 6) is -0.291. The number of nitro benzene ring substituents is 1. The molecule has 0 saturated carbocycles. The fourth-order valence-corrected chi connectivity index (χ4v) is 2.72. The summed E-state index contributed by atoms with van der Waals surface area (Å²) in [4.78, 5) is 38.1. The molecule has 1 amide bonds. The van der Waals surface area contributed by atoms with Gasteiger partial charge in [-0.3, -0.25) is 14.9 Å². The van der Waals surface area contributed by atoms with Crippen molar-refractivity contribution >= 4 is 23.3 Å². The van der Waals surface area contributed by atoms with Crippen LogP contribution in [0.15, 0.2) is 18.2 Å². The number of rotatable bonds is 5. The first-order valence-corrected chi connectivity index (χ1v) is 7.73. The van der Waals surface area contributed by atoms with Crippen LogP contribution in [0.4, 0.5) is 11.4 Å². The van der Waals surface area contributed by atoms with E-state index in [1.807, 2.05) is 13.8 Å². The molecule has 0 bridgehead atoms. The van der Waals surface area contributed by atoms with Crippen LogP contribution >= 0.6 is 0 Å². The fraction of sp³-hybridized carbons (Fsp3) is 0.500. The van der Waals surface area contributed by atoms with Crippen LogP contribution in [0.1, 0.15) is 24.2 Å². The highest BCUT2D eigenvalue weighted by atomic mass is 16.6. The first-order chi connectivity index (χ1) is 11.3. The predicted molar refractivity (Wildman–Crippen MR) is 88.1 cm³/mol. The van der Waals surface area contributed by atoms with Gasteiger partial charge >= 0.3 is 5.97 Å². The molecule has 0 aromatic heterocycles. The van der Waals surface area contributed by atoms with Crippen molar-refractivity contribution < 1.29 is 19.2 Å². The zero-order valence-electron chi connectivity index (χ0n) is 14.0. The van der Waals surface area contributed by atoms with Crippen LogP contribution in [-0.4, -0.2) is 55.0 Å². The molecule has 1 aliphatic heterocycles. The number of esters is 1. The van der Waals surface area contributed by atoms with Gasteiger partial charge in [-0.25, -0.2) is 4.79 Å². The van der Waals surface area contributed by atoms with Gasteiger partial charge in [-0.05, 0) is 18.1 Å². The van der Waals surface area contributed by atoms with Gasteiger partial charge in [0.15, 0.2) is 0 Å². The van der Waals surface area contributed by atoms with Crippen LogP contribution in [0.2, 0.25) is 0 Å². The lowest BCUT2D eigenvalue weighted by atomic mass is 10.1. The standard InChI is InChI=1S/C16H21N3O5/c1-11(2)9-18-7-6-17(10-15(18)20)14-8-12(16(21)24-3)4-5-13(14)19(22)23/h4-5,8,11H,6-7,9-10H2,1-3H3. The minimum absolute atomic E-state index is 0.0538. The van der Waals surface area contributed by atoms with E-state index < -0.39 is 10.9 Å². The van der Waals surface area contributed by atoms with Gasteiger partial charge in [-0.2, -0.15) is 0 Å². The number of methoxy groups -OCH3 is 1. The number of nitrogens with zero attached hydrogens (tertiary/aromatic N) is 3. The summed E-state index contributed by atoms with van der Waals surface area (Å²) in [6.45, 7) is 5.75. The van der Waals surface area contributed by atoms with Crippen LogP contribution in [-0.2, 0) is 9.53 Å². The van der Waals surface area contributed by atoms with Crippen molar-refractivity contribution in [2.24, 2.45) is 5.92 Å². The molecule has 1 fully saturated rings. The van der Waals surface area contributed by atoms with Crippen molar-refractivity contribution in [3.63, 3.8) is 0 Å². The Morgan fingerprint density at radius 1 is 1.38 bits per heavy atom. The SMILES string of the molecule is COC(=O)c1ccc([N+](=O)[O-])c(N2CCN(CC(C)C)C(=O)C2)c1. The van der Waals surface area contributed by atoms with Crippen LogP contribution in [0.5, 0.6) is 0 Å². The fourth-order valence-electron chi connectivity index (χ4n) is 2.72. The van der Waals surface area contributed by atoms with Crippen molar-refractivity contribution in [1.29, 1.82) is 0 Å². The quantitative estimate of drug-likeness (QED) is 0.462. The smallest absolute Gasteiger partial charge is 0.337 e. The van der Waals surface area contributed by atoms with E-state index >= 15 is 0 Å². The van der Waals surface area contributed by atoms with Crippen LogP contribution in [0.25, 0.3) is 0 Å². The predicted octanol–water partition coefficient (Wildman–Crippen LogP) is 1.69. The zero-order valence-corrected chi connectivity index (χ0v) is 14.0. The highest BCUT2D eigenvalue weighted by Gasteiger charge is 2.29. The molecule has 1 heterocycles. The number of hydrogen-bond acceptors (Lipinski definition) is 6. The van der Waals surface area contributed by atoms with E-state index in [0.29, 0.717) is 25.6 Å². The summed E-state index contributed by atoms with van der Waals surface area (Å²) in [6.07, 6.45) is 0. The van der Waals surface area contributed by atoms with E-state index in [1.165, 1.54) is 25.3 Å². The number of ether oxygens (including phenoxy) is 1. The average molecular weight is 335 g/mol. The first kappa shape index (κ1) is 17.7. The minimum Gasteiger partial charge on any atom is -0.465 e. The summed E-state index contributed by atoms with van der Waals surface area (Å²) in [6, 6.07) is 4.03. The molecule has 8 heteroatoms. The second-order valence-corrected chi connectivity index (χ2v) is 6.11. The second kappa shape index (κ2) is 7.29. The number of piperazine rings is 1. The van der Waals surface area contributed by atoms with Gasteiger partial charge in [0.1, 0.15) is 5.69 Å². The Morgan fingerprint density at radius 3 is 2.62 bits per heavy atom. The molecule has 0 radical (unpaired) electrons. The van der Waals surface area contributed by atoms with Gasteiger partial charge in [0.05, 0.1) is 24.1 Å². The number of hydrogen-bond donors (Lipinski definition) is 0. The Morgan fingerprint density at radius 2 is 2.08 bits per heavy atom. The number of benzene rings is 1. The molecule has 24 heavy (non-hydrogen) atoms. The molecule has 130 valence electrons. The Balaban J connectivity index is 2.29. The van der Waals surface area contributed by atoms with E-state index in [9.17, 15) is 19.7 Å². The van der Waals surface area contributed by atoms with Crippen LogP contribution < -0.4 is 4.90 Å². The molecule has 0 unspecified atom stereocenters. The van der Waals surface area contributed by atoms with E-state index in [2.05, 4.69) is 4.74 Å².